The van der Waals surface area contributed by atoms with E-state index in [0.29, 0.717) is 17.4 Å². The Balaban J connectivity index is 1.63. The first kappa shape index (κ1) is 20.3. The Labute approximate surface area is 180 Å². The van der Waals surface area contributed by atoms with Crippen molar-refractivity contribution in [2.75, 3.05) is 5.32 Å². The molecule has 2 atom stereocenters. The molecule has 4 rings (SSSR count). The number of carbonyl (C=O) groups is 2. The molecule has 0 saturated carbocycles. The highest BCUT2D eigenvalue weighted by atomic mass is 32.2. The minimum atomic E-state index is -0.458. The van der Waals surface area contributed by atoms with Crippen molar-refractivity contribution in [3.63, 3.8) is 0 Å². The Hall–Kier alpha value is -2.93. The fourth-order valence-electron chi connectivity index (χ4n) is 3.62. The van der Waals surface area contributed by atoms with Gasteiger partial charge in [-0.25, -0.2) is 9.89 Å². The lowest BCUT2D eigenvalue weighted by atomic mass is 10.1. The van der Waals surface area contributed by atoms with Gasteiger partial charge in [-0.2, -0.15) is 0 Å². The van der Waals surface area contributed by atoms with E-state index in [1.807, 2.05) is 63.2 Å². The van der Waals surface area contributed by atoms with Crippen LogP contribution in [0.2, 0.25) is 0 Å². The van der Waals surface area contributed by atoms with Gasteiger partial charge in [-0.05, 0) is 50.5 Å². The van der Waals surface area contributed by atoms with E-state index >= 15 is 0 Å². The highest BCUT2D eigenvalue weighted by molar-refractivity contribution is 8.15. The van der Waals surface area contributed by atoms with Gasteiger partial charge in [-0.15, -0.1) is 0 Å². The summed E-state index contributed by atoms with van der Waals surface area (Å²) in [4.78, 5) is 36.7. The van der Waals surface area contributed by atoms with Crippen molar-refractivity contribution >= 4 is 46.0 Å². The number of carbonyl (C=O) groups excluding carboxylic acids is 2. The van der Waals surface area contributed by atoms with Gasteiger partial charge in [0, 0.05) is 11.3 Å². The Bertz CT molecular complexity index is 1070. The number of para-hydroxylation sites is 2. The summed E-state index contributed by atoms with van der Waals surface area (Å²) < 4.78 is 0. The molecule has 154 valence electrons. The predicted molar refractivity (Wildman–Crippen MR) is 123 cm³/mol. The van der Waals surface area contributed by atoms with E-state index in [0.717, 1.165) is 28.1 Å². The minimum Gasteiger partial charge on any atom is -0.325 e. The summed E-state index contributed by atoms with van der Waals surface area (Å²) in [6.07, 6.45) is 0.603. The molecule has 1 N–H and O–H groups in total. The molecule has 2 aromatic carbocycles. The third kappa shape index (κ3) is 3.54. The maximum atomic E-state index is 13.1. The highest BCUT2D eigenvalue weighted by Gasteiger charge is 2.40. The molecule has 0 saturated heterocycles. The zero-order chi connectivity index (χ0) is 21.4. The van der Waals surface area contributed by atoms with Gasteiger partial charge in [0.2, 0.25) is 5.91 Å². The van der Waals surface area contributed by atoms with Crippen LogP contribution in [0, 0.1) is 13.8 Å². The molecule has 2 aromatic rings. The Kier molecular flexibility index (Phi) is 5.47. The zero-order valence-corrected chi connectivity index (χ0v) is 18.3. The van der Waals surface area contributed by atoms with Crippen molar-refractivity contribution in [2.24, 2.45) is 9.98 Å². The van der Waals surface area contributed by atoms with E-state index < -0.39 is 11.3 Å². The highest BCUT2D eigenvalue weighted by Crippen LogP contribution is 2.35. The first-order valence-corrected chi connectivity index (χ1v) is 10.9. The lowest BCUT2D eigenvalue weighted by Crippen LogP contribution is -2.42. The van der Waals surface area contributed by atoms with Crippen LogP contribution in [0.4, 0.5) is 11.4 Å². The van der Waals surface area contributed by atoms with Crippen LogP contribution in [0.25, 0.3) is 0 Å². The first-order valence-electron chi connectivity index (χ1n) is 10.0. The largest absolute Gasteiger partial charge is 0.325 e. The van der Waals surface area contributed by atoms with Crippen LogP contribution in [0.1, 0.15) is 37.0 Å². The van der Waals surface area contributed by atoms with Crippen molar-refractivity contribution in [1.82, 2.24) is 4.90 Å². The summed E-state index contributed by atoms with van der Waals surface area (Å²) in [5.74, 6) is 0.404. The van der Waals surface area contributed by atoms with Crippen LogP contribution in [-0.2, 0) is 9.59 Å². The number of benzene rings is 2. The summed E-state index contributed by atoms with van der Waals surface area (Å²) >= 11 is 1.31. The molecule has 7 heteroatoms. The number of rotatable bonds is 4. The normalized spacial score (nSPS) is 18.3. The maximum Gasteiger partial charge on any atom is 0.258 e. The van der Waals surface area contributed by atoms with Crippen molar-refractivity contribution in [2.45, 2.75) is 45.4 Å². The van der Waals surface area contributed by atoms with Gasteiger partial charge in [-0.3, -0.25) is 14.6 Å². The van der Waals surface area contributed by atoms with E-state index in [1.54, 1.807) is 11.8 Å². The number of nitrogens with zero attached hydrogens (tertiary/aromatic N) is 3. The number of amidine groups is 2. The fraction of sp³-hybridized carbons (Fsp3) is 0.304. The molecule has 2 heterocycles. The second-order valence-corrected chi connectivity index (χ2v) is 8.65. The van der Waals surface area contributed by atoms with Gasteiger partial charge in [0.05, 0.1) is 10.9 Å². The third-order valence-corrected chi connectivity index (χ3v) is 6.61. The van der Waals surface area contributed by atoms with Gasteiger partial charge in [0.25, 0.3) is 5.91 Å². The lowest BCUT2D eigenvalue weighted by molar-refractivity contribution is -0.124. The molecule has 0 aliphatic carbocycles. The number of nitrogens with one attached hydrogen (secondary N) is 1. The van der Waals surface area contributed by atoms with E-state index in [4.69, 9.17) is 4.99 Å². The topological polar surface area (TPSA) is 74.1 Å². The monoisotopic (exact) mass is 420 g/mol. The number of thioether (sulfide) groups is 1. The molecule has 0 aromatic heterocycles. The molecular weight excluding hydrogens is 396 g/mol. The van der Waals surface area contributed by atoms with Crippen molar-refractivity contribution in [1.29, 1.82) is 0 Å². The van der Waals surface area contributed by atoms with E-state index in [9.17, 15) is 9.59 Å². The molecule has 0 spiro atoms. The molecule has 0 bridgehead atoms. The molecular formula is C23H24N4O2S. The predicted octanol–water partition coefficient (Wildman–Crippen LogP) is 4.43. The second-order valence-electron chi connectivity index (χ2n) is 7.48. The van der Waals surface area contributed by atoms with Crippen LogP contribution >= 0.6 is 11.8 Å². The summed E-state index contributed by atoms with van der Waals surface area (Å²) in [5, 5.41) is 3.18. The van der Waals surface area contributed by atoms with Crippen molar-refractivity contribution in [3.05, 3.63) is 59.2 Å². The summed E-state index contributed by atoms with van der Waals surface area (Å²) in [6, 6.07) is 13.1. The number of aliphatic imine (C=N–C) groups is 2. The average Bonchev–Trinajstić information content (AvgIpc) is 3.04. The van der Waals surface area contributed by atoms with Crippen LogP contribution < -0.4 is 5.32 Å². The van der Waals surface area contributed by atoms with Gasteiger partial charge in [0.1, 0.15) is 11.9 Å². The Morgan fingerprint density at radius 3 is 2.57 bits per heavy atom. The summed E-state index contributed by atoms with van der Waals surface area (Å²) in [5.41, 5.74) is 4.48. The van der Waals surface area contributed by atoms with E-state index in [-0.39, 0.29) is 11.8 Å². The van der Waals surface area contributed by atoms with Gasteiger partial charge in [0.15, 0.2) is 5.17 Å². The number of hydrogen-bond acceptors (Lipinski definition) is 5. The van der Waals surface area contributed by atoms with E-state index in [1.165, 1.54) is 11.8 Å². The number of fused-ring (bicyclic) bond motifs is 3. The van der Waals surface area contributed by atoms with Gasteiger partial charge in [-0.1, -0.05) is 49.0 Å². The maximum absolute atomic E-state index is 13.1. The van der Waals surface area contributed by atoms with Crippen LogP contribution in [0.5, 0.6) is 0 Å². The third-order valence-electron chi connectivity index (χ3n) is 5.30. The quantitative estimate of drug-likeness (QED) is 0.795. The SMILES string of the molecule is CC[C@@H](SC1=Nc2ccccc2C2=N[C@@H](C)C(=O)N12)C(=O)Nc1c(C)cccc1C. The average molecular weight is 421 g/mol. The van der Waals surface area contributed by atoms with Crippen molar-refractivity contribution < 1.29 is 9.59 Å². The molecule has 0 radical (unpaired) electrons. The standard InChI is InChI=1S/C23H24N4O2S/c1-5-18(21(28)26-19-13(2)9-8-10-14(19)3)30-23-25-17-12-7-6-11-16(17)20-24-15(4)22(29)27(20)23/h6-12,15,18H,5H2,1-4H3,(H,26,28)/t15-,18+/m0/s1. The molecule has 2 amide bonds. The van der Waals surface area contributed by atoms with Gasteiger partial charge >= 0.3 is 0 Å². The van der Waals surface area contributed by atoms with E-state index in [2.05, 4.69) is 10.3 Å². The number of anilines is 1. The number of aryl methyl sites for hydroxylation is 2. The smallest absolute Gasteiger partial charge is 0.258 e. The van der Waals surface area contributed by atoms with Crippen LogP contribution in [0.3, 0.4) is 0 Å². The molecule has 0 fully saturated rings. The number of hydrogen-bond donors (Lipinski definition) is 1. The number of amides is 2. The van der Waals surface area contributed by atoms with Gasteiger partial charge < -0.3 is 5.32 Å². The Morgan fingerprint density at radius 2 is 1.87 bits per heavy atom. The second kappa shape index (κ2) is 8.07. The zero-order valence-electron chi connectivity index (χ0n) is 17.5. The first-order chi connectivity index (χ1) is 14.4. The van der Waals surface area contributed by atoms with Crippen LogP contribution in [-0.4, -0.2) is 39.0 Å². The van der Waals surface area contributed by atoms with Crippen molar-refractivity contribution in [3.8, 4) is 0 Å². The molecule has 2 aliphatic rings. The summed E-state index contributed by atoms with van der Waals surface area (Å²) in [7, 11) is 0. The molecule has 6 nitrogen and oxygen atoms in total. The molecule has 30 heavy (non-hydrogen) atoms. The lowest BCUT2D eigenvalue weighted by Gasteiger charge is -2.27. The summed E-state index contributed by atoms with van der Waals surface area (Å²) in [6.45, 7) is 7.70. The van der Waals surface area contributed by atoms with Crippen LogP contribution in [0.15, 0.2) is 52.4 Å². The Morgan fingerprint density at radius 1 is 1.17 bits per heavy atom. The molecule has 0 unspecified atom stereocenters. The molecule has 2 aliphatic heterocycles. The minimum absolute atomic E-state index is 0.0976. The fourth-order valence-corrected chi connectivity index (χ4v) is 4.64.